The van der Waals surface area contributed by atoms with E-state index in [4.69, 9.17) is 0 Å². The van der Waals surface area contributed by atoms with Gasteiger partial charge in [0, 0.05) is 28.2 Å². The Morgan fingerprint density at radius 2 is 1.58 bits per heavy atom. The maximum Gasteiger partial charge on any atom is 0.142 e. The molecule has 0 aliphatic carbocycles. The molecule has 24 heavy (non-hydrogen) atoms. The monoisotopic (exact) mass is 319 g/mol. The molecule has 2 aromatic carbocycles. The molecule has 0 aliphatic rings. The normalized spacial score (nSPS) is 11.1. The van der Waals surface area contributed by atoms with Crippen molar-refractivity contribution in [2.45, 2.75) is 13.8 Å². The number of rotatable bonds is 4. The van der Waals surface area contributed by atoms with Gasteiger partial charge in [0.2, 0.25) is 0 Å². The van der Waals surface area contributed by atoms with Crippen LogP contribution in [0.25, 0.3) is 22.9 Å². The van der Waals surface area contributed by atoms with E-state index in [-0.39, 0.29) is 5.82 Å². The minimum absolute atomic E-state index is 0.263. The van der Waals surface area contributed by atoms with Crippen molar-refractivity contribution in [2.24, 2.45) is 0 Å². The minimum Gasteiger partial charge on any atom is -0.317 e. The van der Waals surface area contributed by atoms with Crippen molar-refractivity contribution in [1.29, 1.82) is 0 Å². The quantitative estimate of drug-likeness (QED) is 0.484. The van der Waals surface area contributed by atoms with Gasteiger partial charge >= 0.3 is 0 Å². The zero-order chi connectivity index (χ0) is 17.1. The summed E-state index contributed by atoms with van der Waals surface area (Å²) in [5.74, 6) is -0.263. The molecule has 0 unspecified atom stereocenters. The maximum absolute atomic E-state index is 13.3. The molecular formula is C21H18FNO. The average Bonchev–Trinajstić information content (AvgIpc) is 2.85. The molecule has 3 rings (SSSR count). The van der Waals surface area contributed by atoms with Crippen LogP contribution < -0.4 is 0 Å². The first-order chi connectivity index (χ1) is 11.6. The van der Waals surface area contributed by atoms with Crippen molar-refractivity contribution >= 4 is 12.4 Å². The third-order valence-corrected chi connectivity index (χ3v) is 4.18. The number of para-hydroxylation sites is 1. The summed E-state index contributed by atoms with van der Waals surface area (Å²) >= 11 is 0. The number of allylic oxidation sites excluding steroid dienone is 1. The molecule has 0 spiro atoms. The summed E-state index contributed by atoms with van der Waals surface area (Å²) in [5.41, 5.74) is 6.05. The third kappa shape index (κ3) is 2.81. The first-order valence-electron chi connectivity index (χ1n) is 7.78. The van der Waals surface area contributed by atoms with Crippen molar-refractivity contribution in [3.8, 4) is 16.8 Å². The first kappa shape index (κ1) is 15.9. The minimum atomic E-state index is -0.263. The molecule has 1 aromatic heterocycles. The molecule has 0 atom stereocenters. The highest BCUT2D eigenvalue weighted by atomic mass is 19.1. The maximum atomic E-state index is 13.3. The number of hydrogen-bond donors (Lipinski definition) is 0. The highest BCUT2D eigenvalue weighted by Gasteiger charge is 2.18. The summed E-state index contributed by atoms with van der Waals surface area (Å²) < 4.78 is 15.4. The van der Waals surface area contributed by atoms with Crippen LogP contribution in [-0.4, -0.2) is 10.9 Å². The summed E-state index contributed by atoms with van der Waals surface area (Å²) in [6.07, 6.45) is 4.07. The highest BCUT2D eigenvalue weighted by Crippen LogP contribution is 2.35. The Labute approximate surface area is 140 Å². The lowest BCUT2D eigenvalue weighted by Gasteiger charge is -2.09. The number of nitrogens with zero attached hydrogens (tertiary/aromatic N) is 1. The van der Waals surface area contributed by atoms with Gasteiger partial charge in [-0.05, 0) is 55.8 Å². The van der Waals surface area contributed by atoms with Crippen LogP contribution in [0, 0.1) is 19.7 Å². The van der Waals surface area contributed by atoms with E-state index in [2.05, 4.69) is 4.57 Å². The lowest BCUT2D eigenvalue weighted by Crippen LogP contribution is -1.98. The number of aromatic nitrogens is 1. The van der Waals surface area contributed by atoms with Crippen molar-refractivity contribution < 1.29 is 9.18 Å². The van der Waals surface area contributed by atoms with E-state index in [9.17, 15) is 9.18 Å². The Balaban J connectivity index is 2.29. The van der Waals surface area contributed by atoms with E-state index >= 15 is 0 Å². The van der Waals surface area contributed by atoms with Crippen LogP contribution in [0.15, 0.2) is 60.7 Å². The molecule has 2 nitrogen and oxygen atoms in total. The molecule has 120 valence electrons. The summed E-state index contributed by atoms with van der Waals surface area (Å²) in [6.45, 7) is 4.06. The van der Waals surface area contributed by atoms with E-state index in [1.54, 1.807) is 12.1 Å². The molecule has 0 saturated carbocycles. The summed E-state index contributed by atoms with van der Waals surface area (Å²) in [4.78, 5) is 10.8. The van der Waals surface area contributed by atoms with Gasteiger partial charge in [-0.2, -0.15) is 0 Å². The summed E-state index contributed by atoms with van der Waals surface area (Å²) in [5, 5.41) is 0. The predicted molar refractivity (Wildman–Crippen MR) is 95.7 cm³/mol. The smallest absolute Gasteiger partial charge is 0.142 e. The zero-order valence-corrected chi connectivity index (χ0v) is 13.7. The van der Waals surface area contributed by atoms with Crippen LogP contribution in [-0.2, 0) is 4.79 Å². The van der Waals surface area contributed by atoms with Crippen molar-refractivity contribution in [3.05, 3.63) is 83.4 Å². The van der Waals surface area contributed by atoms with Gasteiger partial charge in [0.1, 0.15) is 12.1 Å². The largest absolute Gasteiger partial charge is 0.317 e. The second kappa shape index (κ2) is 6.67. The van der Waals surface area contributed by atoms with Gasteiger partial charge in [0.05, 0.1) is 0 Å². The Kier molecular flexibility index (Phi) is 4.43. The number of hydrogen-bond acceptors (Lipinski definition) is 1. The molecule has 3 heteroatoms. The zero-order valence-electron chi connectivity index (χ0n) is 13.7. The Bertz CT molecular complexity index is 890. The van der Waals surface area contributed by atoms with Crippen molar-refractivity contribution in [3.63, 3.8) is 0 Å². The van der Waals surface area contributed by atoms with Gasteiger partial charge in [-0.1, -0.05) is 30.3 Å². The summed E-state index contributed by atoms with van der Waals surface area (Å²) in [6, 6.07) is 16.5. The van der Waals surface area contributed by atoms with Gasteiger partial charge in [0.15, 0.2) is 0 Å². The van der Waals surface area contributed by atoms with Crippen LogP contribution >= 0.6 is 0 Å². The van der Waals surface area contributed by atoms with E-state index in [1.165, 1.54) is 18.2 Å². The molecule has 0 N–H and O–H groups in total. The molecule has 3 aromatic rings. The van der Waals surface area contributed by atoms with Crippen molar-refractivity contribution in [2.75, 3.05) is 0 Å². The lowest BCUT2D eigenvalue weighted by atomic mass is 10.00. The van der Waals surface area contributed by atoms with Gasteiger partial charge in [0.25, 0.3) is 0 Å². The lowest BCUT2D eigenvalue weighted by molar-refractivity contribution is -0.104. The van der Waals surface area contributed by atoms with Gasteiger partial charge in [-0.15, -0.1) is 0 Å². The first-order valence-corrected chi connectivity index (χ1v) is 7.78. The van der Waals surface area contributed by atoms with E-state index in [1.807, 2.05) is 50.3 Å². The standard InChI is InChI=1S/C21H18FNO/c1-15-20(9-6-14-24)21(17-10-12-18(22)13-11-17)16(2)23(15)19-7-4-3-5-8-19/h3-14H,1-2H3. The molecule has 1 heterocycles. The molecule has 0 saturated heterocycles. The Hall–Kier alpha value is -2.94. The highest BCUT2D eigenvalue weighted by molar-refractivity contribution is 5.84. The van der Waals surface area contributed by atoms with E-state index < -0.39 is 0 Å². The molecule has 0 bridgehead atoms. The molecule has 0 fully saturated rings. The van der Waals surface area contributed by atoms with Crippen molar-refractivity contribution in [1.82, 2.24) is 4.57 Å². The average molecular weight is 319 g/mol. The summed E-state index contributed by atoms with van der Waals surface area (Å²) in [7, 11) is 0. The molecule has 0 radical (unpaired) electrons. The van der Waals surface area contributed by atoms with E-state index in [0.29, 0.717) is 0 Å². The fourth-order valence-electron chi connectivity index (χ4n) is 3.14. The van der Waals surface area contributed by atoms with Crippen LogP contribution in [0.1, 0.15) is 17.0 Å². The fraction of sp³-hybridized carbons (Fsp3) is 0.0952. The predicted octanol–water partition coefficient (Wildman–Crippen LogP) is 5.11. The molecule has 0 aliphatic heterocycles. The van der Waals surface area contributed by atoms with Gasteiger partial charge < -0.3 is 4.57 Å². The van der Waals surface area contributed by atoms with E-state index in [0.717, 1.165) is 40.1 Å². The molecule has 0 amide bonds. The Morgan fingerprint density at radius 1 is 0.917 bits per heavy atom. The van der Waals surface area contributed by atoms with Gasteiger partial charge in [-0.3, -0.25) is 4.79 Å². The number of benzene rings is 2. The van der Waals surface area contributed by atoms with Crippen LogP contribution in [0.5, 0.6) is 0 Å². The van der Waals surface area contributed by atoms with Crippen LogP contribution in [0.4, 0.5) is 4.39 Å². The second-order valence-electron chi connectivity index (χ2n) is 5.63. The number of carbonyl (C=O) groups excluding carboxylic acids is 1. The second-order valence-corrected chi connectivity index (χ2v) is 5.63. The topological polar surface area (TPSA) is 22.0 Å². The Morgan fingerprint density at radius 3 is 2.21 bits per heavy atom. The third-order valence-electron chi connectivity index (χ3n) is 4.18. The van der Waals surface area contributed by atoms with Crippen LogP contribution in [0.2, 0.25) is 0 Å². The van der Waals surface area contributed by atoms with Crippen LogP contribution in [0.3, 0.4) is 0 Å². The number of carbonyl (C=O) groups is 1. The van der Waals surface area contributed by atoms with Gasteiger partial charge in [-0.25, -0.2) is 4.39 Å². The number of halogens is 1. The SMILES string of the molecule is Cc1c(C=CC=O)c(-c2ccc(F)cc2)c(C)n1-c1ccccc1. The number of aldehydes is 1. The molecular weight excluding hydrogens is 301 g/mol. The fourth-order valence-corrected chi connectivity index (χ4v) is 3.14.